The van der Waals surface area contributed by atoms with E-state index in [4.69, 9.17) is 14.9 Å². The SMILES string of the molecule is CCCC1=NN2C(=N)C(=Cc3ccc(OCCOc4cccc(C)c4)cc3)C(=O)N=C2S1. The number of hydrogen-bond acceptors (Lipinski definition) is 6. The van der Waals surface area contributed by atoms with Crippen LogP contribution in [0.3, 0.4) is 0 Å². The second-order valence-corrected chi connectivity index (χ2v) is 8.39. The number of aryl methyl sites for hydroxylation is 1. The van der Waals surface area contributed by atoms with E-state index in [1.165, 1.54) is 16.8 Å². The summed E-state index contributed by atoms with van der Waals surface area (Å²) in [6, 6.07) is 15.2. The second-order valence-electron chi connectivity index (χ2n) is 7.35. The van der Waals surface area contributed by atoms with Crippen molar-refractivity contribution in [2.24, 2.45) is 10.1 Å². The summed E-state index contributed by atoms with van der Waals surface area (Å²) in [7, 11) is 0. The number of rotatable bonds is 8. The smallest absolute Gasteiger partial charge is 0.283 e. The molecule has 0 radical (unpaired) electrons. The van der Waals surface area contributed by atoms with Gasteiger partial charge in [0.2, 0.25) is 5.17 Å². The summed E-state index contributed by atoms with van der Waals surface area (Å²) in [6.45, 7) is 4.94. The van der Waals surface area contributed by atoms with Crippen LogP contribution in [-0.4, -0.2) is 40.2 Å². The molecule has 164 valence electrons. The Hall–Kier alpha value is -3.39. The lowest BCUT2D eigenvalue weighted by Crippen LogP contribution is -2.35. The zero-order chi connectivity index (χ0) is 22.5. The Morgan fingerprint density at radius 1 is 1.09 bits per heavy atom. The van der Waals surface area contributed by atoms with Gasteiger partial charge in [-0.1, -0.05) is 31.2 Å². The molecule has 0 atom stereocenters. The summed E-state index contributed by atoms with van der Waals surface area (Å²) in [6.07, 6.45) is 3.41. The summed E-state index contributed by atoms with van der Waals surface area (Å²) < 4.78 is 11.4. The van der Waals surface area contributed by atoms with Gasteiger partial charge in [0.15, 0.2) is 5.84 Å². The average molecular weight is 449 g/mol. The van der Waals surface area contributed by atoms with E-state index in [0.29, 0.717) is 24.1 Å². The number of nitrogens with one attached hydrogen (secondary N) is 1. The zero-order valence-corrected chi connectivity index (χ0v) is 18.8. The van der Waals surface area contributed by atoms with E-state index in [0.717, 1.165) is 34.8 Å². The van der Waals surface area contributed by atoms with Gasteiger partial charge in [-0.25, -0.2) is 0 Å². The second kappa shape index (κ2) is 9.82. The number of amidine groups is 2. The summed E-state index contributed by atoms with van der Waals surface area (Å²) in [5.74, 6) is 1.15. The molecule has 0 bridgehead atoms. The van der Waals surface area contributed by atoms with Gasteiger partial charge in [-0.15, -0.1) is 0 Å². The lowest BCUT2D eigenvalue weighted by molar-refractivity contribution is -0.114. The van der Waals surface area contributed by atoms with Crippen LogP contribution < -0.4 is 9.47 Å². The highest BCUT2D eigenvalue weighted by atomic mass is 32.2. The highest BCUT2D eigenvalue weighted by molar-refractivity contribution is 8.26. The third-order valence-corrected chi connectivity index (χ3v) is 5.73. The Morgan fingerprint density at radius 3 is 2.56 bits per heavy atom. The number of hydrazone groups is 1. The van der Waals surface area contributed by atoms with Crippen molar-refractivity contribution in [3.63, 3.8) is 0 Å². The van der Waals surface area contributed by atoms with Crippen molar-refractivity contribution in [3.05, 3.63) is 65.2 Å². The first kappa shape index (κ1) is 21.8. The number of ether oxygens (including phenoxy) is 2. The van der Waals surface area contributed by atoms with Gasteiger partial charge in [-0.3, -0.25) is 10.2 Å². The molecule has 32 heavy (non-hydrogen) atoms. The minimum atomic E-state index is -0.421. The van der Waals surface area contributed by atoms with E-state index in [2.05, 4.69) is 17.0 Å². The first-order chi connectivity index (χ1) is 15.5. The van der Waals surface area contributed by atoms with Gasteiger partial charge < -0.3 is 9.47 Å². The number of fused-ring (bicyclic) bond motifs is 1. The lowest BCUT2D eigenvalue weighted by atomic mass is 10.1. The number of benzene rings is 2. The Kier molecular flexibility index (Phi) is 6.70. The Labute approximate surface area is 191 Å². The molecule has 0 spiro atoms. The molecule has 0 aliphatic carbocycles. The topological polar surface area (TPSA) is 87.3 Å². The average Bonchev–Trinajstić information content (AvgIpc) is 3.18. The predicted octanol–water partition coefficient (Wildman–Crippen LogP) is 4.87. The van der Waals surface area contributed by atoms with Gasteiger partial charge in [0.1, 0.15) is 29.8 Å². The van der Waals surface area contributed by atoms with E-state index in [-0.39, 0.29) is 11.4 Å². The minimum absolute atomic E-state index is 0.0484. The number of aliphatic imine (C=N–C) groups is 1. The van der Waals surface area contributed by atoms with E-state index >= 15 is 0 Å². The van der Waals surface area contributed by atoms with E-state index < -0.39 is 5.91 Å². The van der Waals surface area contributed by atoms with Crippen molar-refractivity contribution in [3.8, 4) is 11.5 Å². The van der Waals surface area contributed by atoms with Crippen molar-refractivity contribution >= 4 is 39.8 Å². The van der Waals surface area contributed by atoms with E-state index in [9.17, 15) is 4.79 Å². The number of hydrogen-bond donors (Lipinski definition) is 1. The summed E-state index contributed by atoms with van der Waals surface area (Å²) in [4.78, 5) is 16.6. The maximum Gasteiger partial charge on any atom is 0.283 e. The van der Waals surface area contributed by atoms with Crippen molar-refractivity contribution in [1.82, 2.24) is 5.01 Å². The van der Waals surface area contributed by atoms with Gasteiger partial charge >= 0.3 is 0 Å². The monoisotopic (exact) mass is 448 g/mol. The van der Waals surface area contributed by atoms with Crippen molar-refractivity contribution in [2.75, 3.05) is 13.2 Å². The van der Waals surface area contributed by atoms with Crippen LogP contribution in [0.15, 0.2) is 64.2 Å². The molecule has 0 saturated heterocycles. The number of carbonyl (C=O) groups excluding carboxylic acids is 1. The van der Waals surface area contributed by atoms with Crippen LogP contribution in [-0.2, 0) is 4.79 Å². The Balaban J connectivity index is 1.35. The molecule has 0 fully saturated rings. The van der Waals surface area contributed by atoms with Crippen molar-refractivity contribution in [1.29, 1.82) is 5.41 Å². The Morgan fingerprint density at radius 2 is 1.84 bits per heavy atom. The number of thioether (sulfide) groups is 1. The molecular formula is C24H24N4O3S. The first-order valence-corrected chi connectivity index (χ1v) is 11.3. The van der Waals surface area contributed by atoms with Gasteiger partial charge in [-0.05, 0) is 73.0 Å². The van der Waals surface area contributed by atoms with E-state index in [1.54, 1.807) is 6.08 Å². The molecule has 1 amide bonds. The van der Waals surface area contributed by atoms with Crippen molar-refractivity contribution < 1.29 is 14.3 Å². The molecule has 0 saturated carbocycles. The maximum atomic E-state index is 12.5. The van der Waals surface area contributed by atoms with Crippen LogP contribution >= 0.6 is 11.8 Å². The van der Waals surface area contributed by atoms with Gasteiger partial charge in [0, 0.05) is 0 Å². The van der Waals surface area contributed by atoms with Crippen LogP contribution in [0.2, 0.25) is 0 Å². The maximum absolute atomic E-state index is 12.5. The molecule has 2 heterocycles. The highest BCUT2D eigenvalue weighted by Gasteiger charge is 2.35. The fourth-order valence-electron chi connectivity index (χ4n) is 3.20. The standard InChI is InChI=1S/C24H24N4O3S/c1-3-5-21-27-28-22(25)20(23(29)26-24(28)32-21)15-17-8-10-18(11-9-17)30-12-13-31-19-7-4-6-16(2)14-19/h4,6-11,14-15,25H,3,5,12-13H2,1-2H3. The van der Waals surface area contributed by atoms with Crippen molar-refractivity contribution in [2.45, 2.75) is 26.7 Å². The minimum Gasteiger partial charge on any atom is -0.490 e. The molecule has 1 N–H and O–H groups in total. The third kappa shape index (κ3) is 5.08. The van der Waals surface area contributed by atoms with Crippen LogP contribution in [0, 0.1) is 12.3 Å². The van der Waals surface area contributed by atoms with Crippen LogP contribution in [0.1, 0.15) is 30.9 Å². The normalized spacial score (nSPS) is 16.7. The molecule has 0 unspecified atom stereocenters. The number of amides is 1. The van der Waals surface area contributed by atoms with Gasteiger partial charge in [0.05, 0.1) is 5.57 Å². The summed E-state index contributed by atoms with van der Waals surface area (Å²) in [5.41, 5.74) is 2.15. The first-order valence-electron chi connectivity index (χ1n) is 10.4. The van der Waals surface area contributed by atoms with Crippen LogP contribution in [0.25, 0.3) is 6.08 Å². The molecule has 0 aromatic heterocycles. The molecular weight excluding hydrogens is 424 g/mol. The van der Waals surface area contributed by atoms with E-state index in [1.807, 2.05) is 55.5 Å². The molecule has 2 aliphatic rings. The quantitative estimate of drug-likeness (QED) is 0.460. The molecule has 2 aliphatic heterocycles. The summed E-state index contributed by atoms with van der Waals surface area (Å²) in [5, 5.41) is 15.6. The van der Waals surface area contributed by atoms with Gasteiger partial charge in [0.25, 0.3) is 5.91 Å². The largest absolute Gasteiger partial charge is 0.490 e. The molecule has 8 heteroatoms. The lowest BCUT2D eigenvalue weighted by Gasteiger charge is -2.20. The van der Waals surface area contributed by atoms with Gasteiger partial charge in [-0.2, -0.15) is 15.1 Å². The molecule has 7 nitrogen and oxygen atoms in total. The number of nitrogens with zero attached hydrogens (tertiary/aromatic N) is 3. The Bertz CT molecular complexity index is 1120. The van der Waals surface area contributed by atoms with Crippen LogP contribution in [0.5, 0.6) is 11.5 Å². The number of carbonyl (C=O) groups is 1. The predicted molar refractivity (Wildman–Crippen MR) is 129 cm³/mol. The third-order valence-electron chi connectivity index (χ3n) is 4.76. The highest BCUT2D eigenvalue weighted by Crippen LogP contribution is 2.29. The molecule has 2 aromatic rings. The summed E-state index contributed by atoms with van der Waals surface area (Å²) >= 11 is 1.36. The zero-order valence-electron chi connectivity index (χ0n) is 18.0. The fraction of sp³-hybridized carbons (Fsp3) is 0.250. The molecule has 2 aromatic carbocycles. The fourth-order valence-corrected chi connectivity index (χ4v) is 4.18. The molecule has 4 rings (SSSR count). The van der Waals surface area contributed by atoms with Crippen LogP contribution in [0.4, 0.5) is 0 Å².